The first-order valence-electron chi connectivity index (χ1n) is 21.8. The SMILES string of the molecule is C=CCOC(=O)CCCCCCCCCCCCCCCOC(=O)[C@H]1[C@H]2CC[C@H]3C[C@@]4(CCC=C[C@H](CC)O4)NC(=[N+]32)N[C@@]12CCC[C@@H](C)O2.O=C([O-])C(F)(F)F. The molecule has 5 aliphatic rings. The number of nitrogens with one attached hydrogen (secondary N) is 2. The minimum Gasteiger partial charge on any atom is -0.542 e. The van der Waals surface area contributed by atoms with E-state index >= 15 is 0 Å². The molecule has 0 aromatic rings. The van der Waals surface area contributed by atoms with Gasteiger partial charge < -0.3 is 28.8 Å². The fourth-order valence-corrected chi connectivity index (χ4v) is 9.20. The van der Waals surface area contributed by atoms with Crippen LogP contribution in [0.1, 0.15) is 162 Å². The highest BCUT2D eigenvalue weighted by molar-refractivity contribution is 5.82. The van der Waals surface area contributed by atoms with E-state index in [0.29, 0.717) is 25.7 Å². The number of nitrogens with zero attached hydrogens (tertiary/aromatic N) is 1. The fraction of sp³-hybridized carbons (Fsp3) is 0.814. The second-order valence-electron chi connectivity index (χ2n) is 16.5. The van der Waals surface area contributed by atoms with Crippen molar-refractivity contribution in [3.8, 4) is 0 Å². The van der Waals surface area contributed by atoms with Crippen LogP contribution >= 0.6 is 0 Å². The number of alkyl halides is 3. The Morgan fingerprint density at radius 2 is 1.56 bits per heavy atom. The summed E-state index contributed by atoms with van der Waals surface area (Å²) in [6.07, 6.45) is 25.8. The van der Waals surface area contributed by atoms with Gasteiger partial charge in [-0.1, -0.05) is 102 Å². The molecule has 57 heavy (non-hydrogen) atoms. The van der Waals surface area contributed by atoms with Crippen molar-refractivity contribution in [2.45, 2.75) is 203 Å². The highest BCUT2D eigenvalue weighted by Gasteiger charge is 2.64. The van der Waals surface area contributed by atoms with Gasteiger partial charge in [0.25, 0.3) is 0 Å². The first-order valence-corrected chi connectivity index (χ1v) is 21.8. The summed E-state index contributed by atoms with van der Waals surface area (Å²) in [5.41, 5.74) is -1.15. The van der Waals surface area contributed by atoms with E-state index in [4.69, 9.17) is 28.8 Å². The fourth-order valence-electron chi connectivity index (χ4n) is 9.20. The van der Waals surface area contributed by atoms with Gasteiger partial charge in [0, 0.05) is 25.7 Å². The molecule has 5 heterocycles. The van der Waals surface area contributed by atoms with Crippen LogP contribution in [0, 0.1) is 5.92 Å². The number of hydrogen-bond acceptors (Lipinski definition) is 10. The van der Waals surface area contributed by atoms with E-state index < -0.39 is 23.6 Å². The highest BCUT2D eigenvalue weighted by Crippen LogP contribution is 2.45. The Morgan fingerprint density at radius 1 is 0.930 bits per heavy atom. The molecular weight excluding hydrogens is 743 g/mol. The van der Waals surface area contributed by atoms with Crippen molar-refractivity contribution >= 4 is 23.9 Å². The Kier molecular flexibility index (Phi) is 18.7. The van der Waals surface area contributed by atoms with Gasteiger partial charge in [-0.25, -0.2) is 10.6 Å². The van der Waals surface area contributed by atoms with Crippen molar-refractivity contribution < 1.29 is 56.2 Å². The van der Waals surface area contributed by atoms with Crippen LogP contribution in [0.4, 0.5) is 13.2 Å². The first kappa shape index (κ1) is 46.6. The molecule has 2 saturated heterocycles. The number of halogens is 3. The van der Waals surface area contributed by atoms with Crippen LogP contribution in [0.2, 0.25) is 0 Å². The largest absolute Gasteiger partial charge is 0.542 e. The number of carbonyl (C=O) groups excluding carboxylic acids is 3. The molecule has 0 amide bonds. The van der Waals surface area contributed by atoms with Crippen LogP contribution < -0.4 is 15.7 Å². The summed E-state index contributed by atoms with van der Waals surface area (Å²) < 4.78 is 58.7. The van der Waals surface area contributed by atoms with E-state index in [1.165, 1.54) is 57.8 Å². The van der Waals surface area contributed by atoms with E-state index in [9.17, 15) is 22.8 Å². The zero-order valence-corrected chi connectivity index (χ0v) is 34.4. The summed E-state index contributed by atoms with van der Waals surface area (Å²) in [6.45, 7) is 8.70. The zero-order valence-electron chi connectivity index (χ0n) is 34.4. The highest BCUT2D eigenvalue weighted by atomic mass is 19.4. The minimum atomic E-state index is -5.19. The van der Waals surface area contributed by atoms with Crippen LogP contribution in [0.3, 0.4) is 0 Å². The predicted molar refractivity (Wildman–Crippen MR) is 208 cm³/mol. The monoisotopic (exact) mass is 811 g/mol. The lowest BCUT2D eigenvalue weighted by molar-refractivity contribution is -0.609. The maximum Gasteiger partial charge on any atom is 0.430 e. The van der Waals surface area contributed by atoms with E-state index in [1.54, 1.807) is 6.08 Å². The Morgan fingerprint density at radius 3 is 2.16 bits per heavy atom. The summed E-state index contributed by atoms with van der Waals surface area (Å²) in [5.74, 6) is -2.56. The van der Waals surface area contributed by atoms with Crippen molar-refractivity contribution in [1.82, 2.24) is 10.6 Å². The standard InChI is InChI=1S/C41H67N3O6.C2HF3O2/c1-4-29-47-36(45)24-17-15-13-11-9-7-6-8-10-12-14-16-20-30-48-38(46)37-35-26-25-33-31-40(27-19-18-23-34(5-2)50-40)42-39(44(33)35)43-41(37)28-21-22-32(3)49-41;3-2(4,5)1(6)7/h4,18,23,32-35,37H,1,5-17,19-22,24-31H2,2-3H3,(H,42,43);(H,6,7)/t32-,33+,34+,35-,37-,40+,41-;/m1./s1. The number of carboxylic acid groups (broad SMARTS) is 1. The van der Waals surface area contributed by atoms with Gasteiger partial charge >= 0.3 is 24.1 Å². The molecule has 0 radical (unpaired) electrons. The van der Waals surface area contributed by atoms with Crippen molar-refractivity contribution in [3.05, 3.63) is 24.8 Å². The van der Waals surface area contributed by atoms with Gasteiger partial charge in [0.15, 0.2) is 11.6 Å². The molecule has 324 valence electrons. The molecule has 2 fully saturated rings. The topological polar surface area (TPSA) is 138 Å². The van der Waals surface area contributed by atoms with E-state index in [1.807, 2.05) is 0 Å². The molecule has 2 N–H and O–H groups in total. The molecule has 14 heteroatoms. The van der Waals surface area contributed by atoms with Gasteiger partial charge in [-0.2, -0.15) is 13.2 Å². The van der Waals surface area contributed by atoms with Gasteiger partial charge in [-0.3, -0.25) is 14.2 Å². The van der Waals surface area contributed by atoms with Crippen LogP contribution in [0.5, 0.6) is 0 Å². The lowest BCUT2D eigenvalue weighted by atomic mass is 9.80. The Balaban J connectivity index is 0.000000940. The smallest absolute Gasteiger partial charge is 0.430 e. The summed E-state index contributed by atoms with van der Waals surface area (Å²) in [5, 5.41) is 16.4. The maximum absolute atomic E-state index is 14.0. The normalized spacial score (nSPS) is 29.0. The van der Waals surface area contributed by atoms with E-state index in [0.717, 1.165) is 89.4 Å². The average Bonchev–Trinajstić information content (AvgIpc) is 3.47. The molecule has 0 aromatic carbocycles. The summed E-state index contributed by atoms with van der Waals surface area (Å²) >= 11 is 0. The Bertz CT molecular complexity index is 1380. The van der Waals surface area contributed by atoms with Crippen LogP contribution in [0.25, 0.3) is 0 Å². The average molecular weight is 812 g/mol. The minimum absolute atomic E-state index is 0.0722. The molecule has 2 spiro atoms. The summed E-state index contributed by atoms with van der Waals surface area (Å²) in [4.78, 5) is 34.3. The van der Waals surface area contributed by atoms with Crippen molar-refractivity contribution in [2.75, 3.05) is 13.2 Å². The molecule has 0 aromatic heterocycles. The maximum atomic E-state index is 14.0. The first-order chi connectivity index (χ1) is 27.3. The van der Waals surface area contributed by atoms with E-state index in [2.05, 4.69) is 47.8 Å². The Hall–Kier alpha value is -3.13. The van der Waals surface area contributed by atoms with Gasteiger partial charge in [-0.05, 0) is 58.3 Å². The van der Waals surface area contributed by atoms with Crippen LogP contribution in [-0.2, 0) is 33.3 Å². The second-order valence-corrected chi connectivity index (χ2v) is 16.5. The lowest BCUT2D eigenvalue weighted by Gasteiger charge is -2.50. The number of esters is 2. The van der Waals surface area contributed by atoms with Crippen molar-refractivity contribution in [1.29, 1.82) is 0 Å². The summed E-state index contributed by atoms with van der Waals surface area (Å²) in [6, 6.07) is 0.410. The summed E-state index contributed by atoms with van der Waals surface area (Å²) in [7, 11) is 0. The van der Waals surface area contributed by atoms with Gasteiger partial charge in [0.05, 0.1) is 30.9 Å². The molecule has 7 atom stereocenters. The molecule has 0 bridgehead atoms. The zero-order chi connectivity index (χ0) is 41.3. The molecule has 11 nitrogen and oxygen atoms in total. The van der Waals surface area contributed by atoms with Crippen molar-refractivity contribution in [2.24, 2.45) is 5.92 Å². The number of guanidine groups is 1. The van der Waals surface area contributed by atoms with Crippen molar-refractivity contribution in [3.63, 3.8) is 0 Å². The van der Waals surface area contributed by atoms with Gasteiger partial charge in [0.1, 0.15) is 12.6 Å². The molecule has 0 unspecified atom stereocenters. The number of carboxylic acids is 1. The number of hydrogen-bond donors (Lipinski definition) is 2. The third-order valence-corrected chi connectivity index (χ3v) is 12.0. The van der Waals surface area contributed by atoms with Gasteiger partial charge in [-0.15, -0.1) is 0 Å². The number of aliphatic carboxylic acids is 1. The third kappa shape index (κ3) is 14.0. The third-order valence-electron chi connectivity index (χ3n) is 12.0. The van der Waals surface area contributed by atoms with Gasteiger partial charge in [0.2, 0.25) is 5.72 Å². The van der Waals surface area contributed by atoms with E-state index in [-0.39, 0.29) is 36.1 Å². The number of unbranched alkanes of at least 4 members (excludes halogenated alkanes) is 12. The molecular formula is C43H68F3N3O8. The van der Waals surface area contributed by atoms with Crippen LogP contribution in [-0.4, -0.2) is 83.6 Å². The number of carbonyl (C=O) groups is 3. The molecule has 5 rings (SSSR count). The molecule has 0 aliphatic carbocycles. The quantitative estimate of drug-likeness (QED) is 0.0560. The lowest BCUT2D eigenvalue weighted by Crippen LogP contribution is -2.76. The van der Waals surface area contributed by atoms with Crippen LogP contribution in [0.15, 0.2) is 24.8 Å². The number of ether oxygens (including phenoxy) is 4. The second kappa shape index (κ2) is 22.9. The Labute approximate surface area is 337 Å². The number of allylic oxidation sites excluding steroid dienone is 1. The number of rotatable bonds is 20. The predicted octanol–water partition coefficient (Wildman–Crippen LogP) is 7.26. The molecule has 0 saturated carbocycles. The molecule has 5 aliphatic heterocycles.